The van der Waals surface area contributed by atoms with Gasteiger partial charge in [-0.25, -0.2) is 9.97 Å². The summed E-state index contributed by atoms with van der Waals surface area (Å²) in [7, 11) is 1.58. The highest BCUT2D eigenvalue weighted by molar-refractivity contribution is 6.33. The van der Waals surface area contributed by atoms with Crippen LogP contribution in [0.1, 0.15) is 5.56 Å². The molecule has 20 heavy (non-hydrogen) atoms. The number of anilines is 1. The first-order chi connectivity index (χ1) is 9.58. The Balaban J connectivity index is 2.22. The van der Waals surface area contributed by atoms with Crippen LogP contribution < -0.4 is 10.5 Å². The van der Waals surface area contributed by atoms with E-state index in [4.69, 9.17) is 22.1 Å². The molecule has 6 heteroatoms. The number of H-pyrrole nitrogens is 1. The molecular formula is C14H13ClN4O. The van der Waals surface area contributed by atoms with Crippen molar-refractivity contribution in [1.82, 2.24) is 15.0 Å². The molecule has 5 nitrogen and oxygen atoms in total. The summed E-state index contributed by atoms with van der Waals surface area (Å²) in [6, 6.07) is 5.41. The van der Waals surface area contributed by atoms with Crippen LogP contribution in [-0.4, -0.2) is 22.1 Å². The van der Waals surface area contributed by atoms with Crippen LogP contribution in [0.3, 0.4) is 0 Å². The number of imidazole rings is 1. The van der Waals surface area contributed by atoms with Gasteiger partial charge in [-0.05, 0) is 24.6 Å². The Hall–Kier alpha value is -2.27. The number of fused-ring (bicyclic) bond motifs is 1. The van der Waals surface area contributed by atoms with E-state index in [1.54, 1.807) is 25.4 Å². The monoisotopic (exact) mass is 288 g/mol. The fourth-order valence-corrected chi connectivity index (χ4v) is 2.22. The molecule has 0 aliphatic carbocycles. The van der Waals surface area contributed by atoms with Crippen LogP contribution in [-0.2, 0) is 0 Å². The van der Waals surface area contributed by atoms with Crippen LogP contribution in [0.5, 0.6) is 5.75 Å². The summed E-state index contributed by atoms with van der Waals surface area (Å²) in [5.41, 5.74) is 9.59. The second-order valence-electron chi connectivity index (χ2n) is 4.54. The zero-order valence-electron chi connectivity index (χ0n) is 11.1. The van der Waals surface area contributed by atoms with Crippen molar-refractivity contribution in [2.45, 2.75) is 6.92 Å². The number of nitrogens with zero attached hydrogens (tertiary/aromatic N) is 2. The van der Waals surface area contributed by atoms with E-state index in [1.165, 1.54) is 0 Å². The average molecular weight is 289 g/mol. The van der Waals surface area contributed by atoms with Crippen molar-refractivity contribution < 1.29 is 4.74 Å². The largest absolute Gasteiger partial charge is 0.496 e. The number of rotatable bonds is 2. The molecule has 0 saturated heterocycles. The SMILES string of the molecule is COc1cc(N)c(Cl)cc1-c1nc2ncc(C)cc2[nH]1. The van der Waals surface area contributed by atoms with Crippen molar-refractivity contribution in [3.8, 4) is 17.1 Å². The van der Waals surface area contributed by atoms with Crippen molar-refractivity contribution in [1.29, 1.82) is 0 Å². The predicted octanol–water partition coefficient (Wildman–Crippen LogP) is 3.18. The van der Waals surface area contributed by atoms with Crippen LogP contribution in [0.4, 0.5) is 5.69 Å². The molecule has 0 unspecified atom stereocenters. The van der Waals surface area contributed by atoms with E-state index >= 15 is 0 Å². The average Bonchev–Trinajstić information content (AvgIpc) is 2.84. The number of halogens is 1. The third kappa shape index (κ3) is 2.06. The number of pyridine rings is 1. The number of hydrogen-bond acceptors (Lipinski definition) is 4. The van der Waals surface area contributed by atoms with Gasteiger partial charge in [0.05, 0.1) is 28.9 Å². The first kappa shape index (κ1) is 12.7. The van der Waals surface area contributed by atoms with Crippen LogP contribution in [0.2, 0.25) is 5.02 Å². The first-order valence-corrected chi connectivity index (χ1v) is 6.42. The Bertz CT molecular complexity index is 797. The van der Waals surface area contributed by atoms with Crippen LogP contribution >= 0.6 is 11.6 Å². The second-order valence-corrected chi connectivity index (χ2v) is 4.95. The highest BCUT2D eigenvalue weighted by Gasteiger charge is 2.14. The summed E-state index contributed by atoms with van der Waals surface area (Å²) in [6.07, 6.45) is 1.78. The van der Waals surface area contributed by atoms with Gasteiger partial charge in [0.2, 0.25) is 0 Å². The van der Waals surface area contributed by atoms with E-state index in [2.05, 4.69) is 15.0 Å². The summed E-state index contributed by atoms with van der Waals surface area (Å²) in [6.45, 7) is 1.98. The number of aromatic nitrogens is 3. The molecule has 0 fully saturated rings. The zero-order valence-corrected chi connectivity index (χ0v) is 11.8. The minimum atomic E-state index is 0.463. The molecule has 0 radical (unpaired) electrons. The van der Waals surface area contributed by atoms with Gasteiger partial charge < -0.3 is 15.5 Å². The molecule has 1 aromatic carbocycles. The molecule has 2 heterocycles. The summed E-state index contributed by atoms with van der Waals surface area (Å²) in [5, 5.41) is 0.463. The lowest BCUT2D eigenvalue weighted by molar-refractivity contribution is 0.416. The van der Waals surface area contributed by atoms with Gasteiger partial charge in [-0.2, -0.15) is 0 Å². The normalized spacial score (nSPS) is 10.9. The van der Waals surface area contributed by atoms with Crippen LogP contribution in [0.25, 0.3) is 22.6 Å². The Morgan fingerprint density at radius 2 is 2.10 bits per heavy atom. The Morgan fingerprint density at radius 3 is 2.85 bits per heavy atom. The lowest BCUT2D eigenvalue weighted by atomic mass is 10.1. The number of methoxy groups -OCH3 is 1. The molecule has 0 saturated carbocycles. The standard InChI is InChI=1S/C14H13ClN4O/c1-7-3-11-14(17-6-7)19-13(18-11)8-4-9(15)10(16)5-12(8)20-2/h3-6H,16H2,1-2H3,(H,17,18,19). The Morgan fingerprint density at radius 1 is 1.30 bits per heavy atom. The maximum absolute atomic E-state index is 6.08. The van der Waals surface area contributed by atoms with Crippen molar-refractivity contribution >= 4 is 28.5 Å². The number of benzene rings is 1. The minimum Gasteiger partial charge on any atom is -0.496 e. The third-order valence-corrected chi connectivity index (χ3v) is 3.38. The molecule has 0 aliphatic rings. The van der Waals surface area contributed by atoms with E-state index in [-0.39, 0.29) is 0 Å². The van der Waals surface area contributed by atoms with Gasteiger partial charge >= 0.3 is 0 Å². The molecule has 0 atom stereocenters. The van der Waals surface area contributed by atoms with Gasteiger partial charge in [0.1, 0.15) is 11.6 Å². The lowest BCUT2D eigenvalue weighted by Crippen LogP contribution is -1.93. The van der Waals surface area contributed by atoms with Crippen molar-refractivity contribution in [2.24, 2.45) is 0 Å². The number of hydrogen-bond donors (Lipinski definition) is 2. The van der Waals surface area contributed by atoms with E-state index in [1.807, 2.05) is 13.0 Å². The molecule has 0 aliphatic heterocycles. The molecule has 3 aromatic rings. The topological polar surface area (TPSA) is 76.8 Å². The van der Waals surface area contributed by atoms with Gasteiger partial charge in [0, 0.05) is 12.3 Å². The lowest BCUT2D eigenvalue weighted by Gasteiger charge is -2.08. The molecule has 3 N–H and O–H groups in total. The quantitative estimate of drug-likeness (QED) is 0.710. The molecule has 2 aromatic heterocycles. The number of nitrogen functional groups attached to an aromatic ring is 1. The van der Waals surface area contributed by atoms with Gasteiger partial charge in [0.15, 0.2) is 5.65 Å². The fourth-order valence-electron chi connectivity index (χ4n) is 2.06. The predicted molar refractivity (Wildman–Crippen MR) is 80.0 cm³/mol. The number of ether oxygens (including phenoxy) is 1. The molecule has 0 spiro atoms. The maximum Gasteiger partial charge on any atom is 0.178 e. The zero-order chi connectivity index (χ0) is 14.3. The van der Waals surface area contributed by atoms with E-state index in [9.17, 15) is 0 Å². The van der Waals surface area contributed by atoms with E-state index in [0.29, 0.717) is 27.9 Å². The van der Waals surface area contributed by atoms with E-state index < -0.39 is 0 Å². The molecule has 0 bridgehead atoms. The molecular weight excluding hydrogens is 276 g/mol. The Kier molecular flexibility index (Phi) is 2.99. The molecule has 3 rings (SSSR count). The fraction of sp³-hybridized carbons (Fsp3) is 0.143. The number of aryl methyl sites for hydroxylation is 1. The van der Waals surface area contributed by atoms with Gasteiger partial charge in [0.25, 0.3) is 0 Å². The summed E-state index contributed by atoms with van der Waals surface area (Å²) in [4.78, 5) is 12.0. The smallest absolute Gasteiger partial charge is 0.178 e. The maximum atomic E-state index is 6.08. The number of nitrogens with two attached hydrogens (primary N) is 1. The van der Waals surface area contributed by atoms with Gasteiger partial charge in [-0.1, -0.05) is 11.6 Å². The van der Waals surface area contributed by atoms with Gasteiger partial charge in [-0.3, -0.25) is 0 Å². The summed E-state index contributed by atoms with van der Waals surface area (Å²) < 4.78 is 5.34. The van der Waals surface area contributed by atoms with Crippen LogP contribution in [0, 0.1) is 6.92 Å². The minimum absolute atomic E-state index is 0.463. The number of aromatic amines is 1. The van der Waals surface area contributed by atoms with Crippen molar-refractivity contribution in [2.75, 3.05) is 12.8 Å². The summed E-state index contributed by atoms with van der Waals surface area (Å²) in [5.74, 6) is 1.26. The Labute approximate surface area is 120 Å². The van der Waals surface area contributed by atoms with Gasteiger partial charge in [-0.15, -0.1) is 0 Å². The highest BCUT2D eigenvalue weighted by atomic mass is 35.5. The highest BCUT2D eigenvalue weighted by Crippen LogP contribution is 2.35. The molecule has 102 valence electrons. The van der Waals surface area contributed by atoms with E-state index in [0.717, 1.165) is 16.6 Å². The van der Waals surface area contributed by atoms with Crippen molar-refractivity contribution in [3.63, 3.8) is 0 Å². The third-order valence-electron chi connectivity index (χ3n) is 3.05. The van der Waals surface area contributed by atoms with Crippen LogP contribution in [0.15, 0.2) is 24.4 Å². The molecule has 0 amide bonds. The van der Waals surface area contributed by atoms with Crippen molar-refractivity contribution in [3.05, 3.63) is 35.0 Å². The first-order valence-electron chi connectivity index (χ1n) is 6.04. The summed E-state index contributed by atoms with van der Waals surface area (Å²) >= 11 is 6.08. The second kappa shape index (κ2) is 4.68. The number of nitrogens with one attached hydrogen (secondary N) is 1.